The van der Waals surface area contributed by atoms with Crippen LogP contribution in [0.15, 0.2) is 12.7 Å². The Kier molecular flexibility index (Phi) is 144. The van der Waals surface area contributed by atoms with Crippen LogP contribution in [0.2, 0.25) is 0 Å². The van der Waals surface area contributed by atoms with Crippen LogP contribution >= 0.6 is 11.6 Å². The molecule has 0 aliphatic carbocycles. The molecule has 0 aromatic rings. The van der Waals surface area contributed by atoms with Gasteiger partial charge in [-0.3, -0.25) is 0 Å². The van der Waals surface area contributed by atoms with Gasteiger partial charge >= 0.3 is 0 Å². The first kappa shape index (κ1) is 22.5. The molecule has 0 rings (SSSR count). The lowest BCUT2D eigenvalue weighted by Gasteiger charge is -1.68. The Labute approximate surface area is 71.1 Å². The van der Waals surface area contributed by atoms with Crippen LogP contribution in [0.5, 0.6) is 0 Å². The molecule has 0 aliphatic heterocycles. The minimum Gasteiger partial charge on any atom is -0.344 e. The predicted octanol–water partition coefficient (Wildman–Crippen LogP) is 4.02. The molecule has 0 fully saturated rings. The fourth-order valence-electron chi connectivity index (χ4n) is 0. The standard InChI is InChI=1S/C4H10.C3H6.CH3Cl.H3N/c1-3-4-2;1-3-2;1-2;/h3-4H2,1-2H3;3H,1H2,2H3;1H3;1H3. The molecule has 3 N–H and O–H groups in total. The Morgan fingerprint density at radius 2 is 1.30 bits per heavy atom. The second-order valence-electron chi connectivity index (χ2n) is 1.41. The van der Waals surface area contributed by atoms with Gasteiger partial charge in [0.05, 0.1) is 0 Å². The lowest BCUT2D eigenvalue weighted by Crippen LogP contribution is -1.47. The SMILES string of the molecule is C=CC.CCCC.CCl.N. The molecule has 66 valence electrons. The van der Waals surface area contributed by atoms with E-state index >= 15 is 0 Å². The first-order chi connectivity index (χ1) is 4.33. The maximum atomic E-state index is 4.64. The minimum atomic E-state index is 0. The first-order valence-electron chi connectivity index (χ1n) is 3.28. The molecule has 0 amide bonds. The van der Waals surface area contributed by atoms with Gasteiger partial charge in [-0.15, -0.1) is 18.2 Å². The van der Waals surface area contributed by atoms with E-state index in [-0.39, 0.29) is 6.15 Å². The summed E-state index contributed by atoms with van der Waals surface area (Å²) >= 11 is 4.64. The zero-order valence-electron chi connectivity index (χ0n) is 7.78. The molecular weight excluding hydrogens is 146 g/mol. The van der Waals surface area contributed by atoms with Crippen LogP contribution in [0, 0.1) is 0 Å². The number of halogens is 1. The molecule has 0 aromatic carbocycles. The van der Waals surface area contributed by atoms with E-state index in [9.17, 15) is 0 Å². The second-order valence-corrected chi connectivity index (χ2v) is 1.41. The van der Waals surface area contributed by atoms with E-state index in [2.05, 4.69) is 32.0 Å². The summed E-state index contributed by atoms with van der Waals surface area (Å²) in [6.07, 6.45) is 5.86. The fourth-order valence-corrected chi connectivity index (χ4v) is 0. The first-order valence-corrected chi connectivity index (χ1v) is 4.03. The second kappa shape index (κ2) is 64.2. The molecule has 0 heterocycles. The molecule has 2 heteroatoms. The molecule has 10 heavy (non-hydrogen) atoms. The fraction of sp³-hybridized carbons (Fsp3) is 0.750. The van der Waals surface area contributed by atoms with Crippen molar-refractivity contribution in [2.45, 2.75) is 33.6 Å². The van der Waals surface area contributed by atoms with Crippen LogP contribution in [0.3, 0.4) is 0 Å². The van der Waals surface area contributed by atoms with Crippen molar-refractivity contribution in [1.82, 2.24) is 6.15 Å². The van der Waals surface area contributed by atoms with E-state index in [4.69, 9.17) is 0 Å². The summed E-state index contributed by atoms with van der Waals surface area (Å²) in [4.78, 5) is 0. The monoisotopic (exact) mass is 167 g/mol. The molecule has 0 aromatic heterocycles. The summed E-state index contributed by atoms with van der Waals surface area (Å²) in [6.45, 7) is 9.61. The smallest absolute Gasteiger partial charge is 0.0108 e. The van der Waals surface area contributed by atoms with Gasteiger partial charge in [0.2, 0.25) is 0 Å². The maximum absolute atomic E-state index is 4.64. The van der Waals surface area contributed by atoms with Crippen LogP contribution in [-0.2, 0) is 0 Å². The quantitative estimate of drug-likeness (QED) is 0.465. The Morgan fingerprint density at radius 3 is 1.30 bits per heavy atom. The van der Waals surface area contributed by atoms with E-state index in [0.29, 0.717) is 0 Å². The zero-order valence-corrected chi connectivity index (χ0v) is 8.54. The van der Waals surface area contributed by atoms with Gasteiger partial charge in [-0.25, -0.2) is 0 Å². The number of allylic oxidation sites excluding steroid dienone is 1. The topological polar surface area (TPSA) is 35.0 Å². The largest absolute Gasteiger partial charge is 0.344 e. The molecule has 0 saturated heterocycles. The molecule has 0 aliphatic rings. The number of alkyl halides is 1. The Hall–Kier alpha value is -0.0100. The van der Waals surface area contributed by atoms with Gasteiger partial charge in [0.15, 0.2) is 0 Å². The number of hydrogen-bond donors (Lipinski definition) is 1. The summed E-state index contributed by atoms with van der Waals surface area (Å²) in [6, 6.07) is 0. The molecule has 0 spiro atoms. The highest BCUT2D eigenvalue weighted by atomic mass is 35.5. The molecule has 0 saturated carbocycles. The van der Waals surface area contributed by atoms with Crippen molar-refractivity contribution in [2.75, 3.05) is 6.38 Å². The highest BCUT2D eigenvalue weighted by Crippen LogP contribution is 1.76. The van der Waals surface area contributed by atoms with Crippen molar-refractivity contribution in [3.63, 3.8) is 0 Å². The van der Waals surface area contributed by atoms with Crippen LogP contribution < -0.4 is 6.15 Å². The highest BCUT2D eigenvalue weighted by Gasteiger charge is 1.56. The Balaban J connectivity index is -0.0000000273. The number of unbranched alkanes of at least 4 members (excludes halogenated alkanes) is 1. The third-order valence-corrected chi connectivity index (χ3v) is 0.500. The van der Waals surface area contributed by atoms with Crippen molar-refractivity contribution in [3.8, 4) is 0 Å². The molecule has 0 unspecified atom stereocenters. The van der Waals surface area contributed by atoms with Gasteiger partial charge in [-0.1, -0.05) is 32.8 Å². The van der Waals surface area contributed by atoms with E-state index in [1.807, 2.05) is 6.92 Å². The summed E-state index contributed by atoms with van der Waals surface area (Å²) in [5, 5.41) is 0. The lowest BCUT2D eigenvalue weighted by molar-refractivity contribution is 0.886. The van der Waals surface area contributed by atoms with Crippen LogP contribution in [0.4, 0.5) is 0 Å². The number of hydrogen-bond acceptors (Lipinski definition) is 1. The lowest BCUT2D eigenvalue weighted by atomic mass is 10.4. The van der Waals surface area contributed by atoms with E-state index in [0.717, 1.165) is 0 Å². The van der Waals surface area contributed by atoms with Crippen molar-refractivity contribution in [3.05, 3.63) is 12.7 Å². The molecule has 1 nitrogen and oxygen atoms in total. The average molecular weight is 168 g/mol. The van der Waals surface area contributed by atoms with Crippen LogP contribution in [-0.4, -0.2) is 6.38 Å². The normalized spacial score (nSPS) is 4.90. The molecular formula is C8H22ClN. The molecule has 0 atom stereocenters. The van der Waals surface area contributed by atoms with Gasteiger partial charge in [0, 0.05) is 6.38 Å². The summed E-state index contributed by atoms with van der Waals surface area (Å²) < 4.78 is 0. The summed E-state index contributed by atoms with van der Waals surface area (Å²) in [5.41, 5.74) is 0. The minimum absolute atomic E-state index is 0. The Morgan fingerprint density at radius 1 is 1.20 bits per heavy atom. The third kappa shape index (κ3) is 398. The summed E-state index contributed by atoms with van der Waals surface area (Å²) in [7, 11) is 0. The third-order valence-electron chi connectivity index (χ3n) is 0.500. The maximum Gasteiger partial charge on any atom is 0.0108 e. The van der Waals surface area contributed by atoms with Crippen molar-refractivity contribution < 1.29 is 0 Å². The van der Waals surface area contributed by atoms with Gasteiger partial charge in [-0.05, 0) is 6.92 Å². The highest BCUT2D eigenvalue weighted by molar-refractivity contribution is 6.15. The summed E-state index contributed by atoms with van der Waals surface area (Å²) in [5.74, 6) is 0. The Bertz CT molecular complexity index is 28.4. The zero-order chi connectivity index (χ0) is 8.12. The molecule has 0 bridgehead atoms. The van der Waals surface area contributed by atoms with Gasteiger partial charge in [0.25, 0.3) is 0 Å². The molecule has 0 radical (unpaired) electrons. The van der Waals surface area contributed by atoms with Crippen molar-refractivity contribution in [1.29, 1.82) is 0 Å². The predicted molar refractivity (Wildman–Crippen MR) is 53.3 cm³/mol. The van der Waals surface area contributed by atoms with Crippen LogP contribution in [0.25, 0.3) is 0 Å². The van der Waals surface area contributed by atoms with E-state index in [1.165, 1.54) is 19.2 Å². The average Bonchev–Trinajstić information content (AvgIpc) is 1.94. The van der Waals surface area contributed by atoms with E-state index in [1.54, 1.807) is 6.08 Å². The number of rotatable bonds is 1. The van der Waals surface area contributed by atoms with Gasteiger partial charge in [0.1, 0.15) is 0 Å². The van der Waals surface area contributed by atoms with Gasteiger partial charge in [-0.2, -0.15) is 0 Å². The van der Waals surface area contributed by atoms with Crippen LogP contribution in [0.1, 0.15) is 33.6 Å². The van der Waals surface area contributed by atoms with E-state index < -0.39 is 0 Å². The van der Waals surface area contributed by atoms with Crippen molar-refractivity contribution >= 4 is 11.6 Å². The van der Waals surface area contributed by atoms with Gasteiger partial charge < -0.3 is 6.15 Å². The van der Waals surface area contributed by atoms with Crippen molar-refractivity contribution in [2.24, 2.45) is 0 Å².